The molecule has 33 heavy (non-hydrogen) atoms. The van der Waals surface area contributed by atoms with Gasteiger partial charge in [-0.1, -0.05) is 18.2 Å². The maximum absolute atomic E-state index is 11.2. The molecule has 0 saturated carbocycles. The molecule has 3 N–H and O–H groups in total. The van der Waals surface area contributed by atoms with E-state index in [0.29, 0.717) is 29.9 Å². The third kappa shape index (κ3) is 5.79. The largest absolute Gasteiger partial charge is 0.469 e. The minimum atomic E-state index is -0.154. The van der Waals surface area contributed by atoms with E-state index in [1.165, 1.54) is 25.2 Å². The van der Waals surface area contributed by atoms with Crippen molar-refractivity contribution in [1.29, 1.82) is 0 Å². The van der Waals surface area contributed by atoms with Gasteiger partial charge in [0.25, 0.3) is 0 Å². The highest BCUT2D eigenvalue weighted by Gasteiger charge is 2.20. The number of fused-ring (bicyclic) bond motifs is 2. The Hall–Kier alpha value is -2.32. The van der Waals surface area contributed by atoms with Crippen LogP contribution in [0.3, 0.4) is 0 Å². The number of nitrogens with zero attached hydrogens (tertiary/aromatic N) is 4. The molecule has 0 unspecified atom stereocenters. The molecule has 0 saturated heterocycles. The molecule has 0 fully saturated rings. The van der Waals surface area contributed by atoms with Gasteiger partial charge in [-0.2, -0.15) is 0 Å². The average Bonchev–Trinajstić information content (AvgIpc) is 3.40. The Bertz CT molecular complexity index is 1140. The highest BCUT2D eigenvalue weighted by atomic mass is 127. The zero-order valence-corrected chi connectivity index (χ0v) is 21.1. The zero-order chi connectivity index (χ0) is 23.2. The Balaban J connectivity index is 1.41. The van der Waals surface area contributed by atoms with E-state index in [9.17, 15) is 4.79 Å². The summed E-state index contributed by atoms with van der Waals surface area (Å²) in [5.74, 6) is 1.69. The van der Waals surface area contributed by atoms with Crippen LogP contribution in [-0.4, -0.2) is 52.5 Å². The van der Waals surface area contributed by atoms with Gasteiger partial charge in [-0.3, -0.25) is 4.79 Å². The number of rotatable bonds is 11. The van der Waals surface area contributed by atoms with Crippen molar-refractivity contribution < 1.29 is 19.0 Å². The van der Waals surface area contributed by atoms with E-state index < -0.39 is 0 Å². The first-order valence-corrected chi connectivity index (χ1v) is 12.5. The summed E-state index contributed by atoms with van der Waals surface area (Å²) in [7, 11) is 1.42. The molecule has 2 aromatic heterocycles. The van der Waals surface area contributed by atoms with E-state index in [2.05, 4.69) is 47.2 Å². The Morgan fingerprint density at radius 2 is 2.06 bits per heavy atom. The maximum atomic E-state index is 11.2. The van der Waals surface area contributed by atoms with Gasteiger partial charge in [0.2, 0.25) is 6.79 Å². The van der Waals surface area contributed by atoms with E-state index >= 15 is 0 Å². The lowest BCUT2D eigenvalue weighted by molar-refractivity contribution is -0.140. The van der Waals surface area contributed by atoms with Crippen molar-refractivity contribution in [1.82, 2.24) is 24.8 Å². The lowest BCUT2D eigenvalue weighted by atomic mass is 10.2. The Morgan fingerprint density at radius 1 is 1.24 bits per heavy atom. The molecule has 12 heteroatoms. The lowest BCUT2D eigenvalue weighted by Gasteiger charge is -2.11. The fraction of sp³-hybridized carbons (Fsp3) is 0.429. The van der Waals surface area contributed by atoms with Gasteiger partial charge >= 0.3 is 5.97 Å². The number of aromatic nitrogens is 4. The smallest absolute Gasteiger partial charge is 0.305 e. The molecule has 3 aromatic rings. The van der Waals surface area contributed by atoms with Gasteiger partial charge in [-0.15, -0.1) is 0 Å². The number of esters is 1. The van der Waals surface area contributed by atoms with Gasteiger partial charge in [0.15, 0.2) is 33.6 Å². The number of carbonyl (C=O) groups is 1. The van der Waals surface area contributed by atoms with Crippen LogP contribution in [0, 0.1) is 3.57 Å². The van der Waals surface area contributed by atoms with Crippen molar-refractivity contribution in [3.63, 3.8) is 0 Å². The first kappa shape index (κ1) is 23.8. The van der Waals surface area contributed by atoms with E-state index in [1.54, 1.807) is 0 Å². The summed E-state index contributed by atoms with van der Waals surface area (Å²) < 4.78 is 18.8. The van der Waals surface area contributed by atoms with Crippen molar-refractivity contribution in [2.45, 2.75) is 42.3 Å². The van der Waals surface area contributed by atoms with Crippen LogP contribution in [-0.2, 0) is 16.1 Å². The van der Waals surface area contributed by atoms with Crippen molar-refractivity contribution >= 4 is 57.3 Å². The number of halogens is 1. The Kier molecular flexibility index (Phi) is 8.09. The van der Waals surface area contributed by atoms with Crippen LogP contribution in [0.15, 0.2) is 28.5 Å². The molecule has 0 spiro atoms. The van der Waals surface area contributed by atoms with Crippen LogP contribution >= 0.6 is 34.4 Å². The first-order valence-electron chi connectivity index (χ1n) is 10.6. The minimum Gasteiger partial charge on any atom is -0.469 e. The SMILES string of the molecule is COC(=O)CCCCCNCCn1c(Sc2cc3c(cc2I)OCO3)nc2c(N)ncnc21. The molecule has 4 rings (SSSR count). The minimum absolute atomic E-state index is 0.154. The van der Waals surface area contributed by atoms with E-state index in [1.807, 2.05) is 12.1 Å². The standard InChI is InChI=1S/C21H25IN6O4S/c1-30-17(29)5-3-2-4-6-24-7-8-28-20-18(19(23)25-11-26-20)27-21(28)33-16-10-15-14(9-13(16)22)31-12-32-15/h9-11,24H,2-8,12H2,1H3,(H2,23,25,26). The summed E-state index contributed by atoms with van der Waals surface area (Å²) in [6.45, 7) is 2.53. The summed E-state index contributed by atoms with van der Waals surface area (Å²) >= 11 is 3.82. The fourth-order valence-electron chi connectivity index (χ4n) is 3.40. The molecule has 3 heterocycles. The van der Waals surface area contributed by atoms with Crippen molar-refractivity contribution in [2.24, 2.45) is 0 Å². The summed E-state index contributed by atoms with van der Waals surface area (Å²) in [4.78, 5) is 25.4. The van der Waals surface area contributed by atoms with Gasteiger partial charge in [0.1, 0.15) is 6.33 Å². The highest BCUT2D eigenvalue weighted by Crippen LogP contribution is 2.41. The normalized spacial score (nSPS) is 12.4. The second-order valence-electron chi connectivity index (χ2n) is 7.35. The molecule has 1 aliphatic heterocycles. The monoisotopic (exact) mass is 584 g/mol. The van der Waals surface area contributed by atoms with E-state index in [-0.39, 0.29) is 12.8 Å². The number of hydrogen-bond donors (Lipinski definition) is 2. The van der Waals surface area contributed by atoms with Crippen molar-refractivity contribution in [3.05, 3.63) is 22.0 Å². The Morgan fingerprint density at radius 3 is 2.88 bits per heavy atom. The molecule has 1 aromatic carbocycles. The van der Waals surface area contributed by atoms with Gasteiger partial charge in [-0.25, -0.2) is 15.0 Å². The van der Waals surface area contributed by atoms with Gasteiger partial charge < -0.3 is 29.8 Å². The van der Waals surface area contributed by atoms with Crippen LogP contribution in [0.4, 0.5) is 5.82 Å². The summed E-state index contributed by atoms with van der Waals surface area (Å²) in [6, 6.07) is 3.94. The molecule has 0 radical (unpaired) electrons. The van der Waals surface area contributed by atoms with Gasteiger partial charge in [0.05, 0.1) is 7.11 Å². The van der Waals surface area contributed by atoms with Crippen LogP contribution in [0.5, 0.6) is 11.5 Å². The van der Waals surface area contributed by atoms with Crippen LogP contribution in [0.1, 0.15) is 25.7 Å². The zero-order valence-electron chi connectivity index (χ0n) is 18.2. The topological polar surface area (TPSA) is 126 Å². The molecular weight excluding hydrogens is 559 g/mol. The number of benzene rings is 1. The molecular formula is C21H25IN6O4S. The number of hydrogen-bond acceptors (Lipinski definition) is 10. The maximum Gasteiger partial charge on any atom is 0.305 e. The van der Waals surface area contributed by atoms with Gasteiger partial charge in [0, 0.05) is 28.0 Å². The number of anilines is 1. The quantitative estimate of drug-likeness (QED) is 0.197. The fourth-order valence-corrected chi connectivity index (χ4v) is 5.12. The number of imidazole rings is 1. The number of methoxy groups -OCH3 is 1. The van der Waals surface area contributed by atoms with Gasteiger partial charge in [-0.05, 0) is 54.1 Å². The number of nitrogen functional groups attached to an aromatic ring is 1. The number of carbonyl (C=O) groups excluding carboxylic acids is 1. The third-order valence-electron chi connectivity index (χ3n) is 5.13. The van der Waals surface area contributed by atoms with Crippen molar-refractivity contribution in [2.75, 3.05) is 32.7 Å². The molecule has 0 bridgehead atoms. The van der Waals surface area contributed by atoms with E-state index in [0.717, 1.165) is 57.5 Å². The molecule has 176 valence electrons. The van der Waals surface area contributed by atoms with Crippen LogP contribution in [0.25, 0.3) is 11.2 Å². The first-order chi connectivity index (χ1) is 16.1. The van der Waals surface area contributed by atoms with E-state index in [4.69, 9.17) is 20.2 Å². The molecule has 0 aliphatic carbocycles. The summed E-state index contributed by atoms with van der Waals surface area (Å²) in [5.41, 5.74) is 7.37. The average molecular weight is 584 g/mol. The summed E-state index contributed by atoms with van der Waals surface area (Å²) in [5, 5.41) is 4.24. The summed E-state index contributed by atoms with van der Waals surface area (Å²) in [6.07, 6.45) is 4.74. The molecule has 1 aliphatic rings. The predicted molar refractivity (Wildman–Crippen MR) is 132 cm³/mol. The number of ether oxygens (including phenoxy) is 3. The van der Waals surface area contributed by atoms with Crippen LogP contribution in [0.2, 0.25) is 0 Å². The lowest BCUT2D eigenvalue weighted by Crippen LogP contribution is -2.21. The molecule has 10 nitrogen and oxygen atoms in total. The number of nitrogens with one attached hydrogen (secondary N) is 1. The molecule has 0 amide bonds. The number of nitrogens with two attached hydrogens (primary N) is 1. The number of unbranched alkanes of at least 4 members (excludes halogenated alkanes) is 2. The van der Waals surface area contributed by atoms with Crippen LogP contribution < -0.4 is 20.5 Å². The second-order valence-corrected chi connectivity index (χ2v) is 9.52. The predicted octanol–water partition coefficient (Wildman–Crippen LogP) is 3.22. The second kappa shape index (κ2) is 11.2. The molecule has 0 atom stereocenters. The highest BCUT2D eigenvalue weighted by molar-refractivity contribution is 14.1. The van der Waals surface area contributed by atoms with Crippen molar-refractivity contribution in [3.8, 4) is 11.5 Å². The Labute approximate surface area is 209 Å². The third-order valence-corrected chi connectivity index (χ3v) is 7.44.